The summed E-state index contributed by atoms with van der Waals surface area (Å²) in [6.45, 7) is 2.91. The second kappa shape index (κ2) is 7.81. The Morgan fingerprint density at radius 1 is 1.14 bits per heavy atom. The molecule has 1 aromatic carbocycles. The van der Waals surface area contributed by atoms with E-state index in [4.69, 9.17) is 0 Å². The van der Waals surface area contributed by atoms with Gasteiger partial charge in [-0.25, -0.2) is 0 Å². The molecule has 21 heavy (non-hydrogen) atoms. The van der Waals surface area contributed by atoms with E-state index in [-0.39, 0.29) is 6.04 Å². The highest BCUT2D eigenvalue weighted by molar-refractivity contribution is 6.35. The molecule has 0 unspecified atom stereocenters. The van der Waals surface area contributed by atoms with Gasteiger partial charge < -0.3 is 10.2 Å². The Morgan fingerprint density at radius 3 is 2.43 bits per heavy atom. The highest BCUT2D eigenvalue weighted by Gasteiger charge is 2.24. The SMILES string of the molecule is CCN(Cc1ccccc1)C(=O)C(=O)NC1CCCCC1. The van der Waals surface area contributed by atoms with Crippen LogP contribution in [-0.4, -0.2) is 29.3 Å². The molecular weight excluding hydrogens is 264 g/mol. The highest BCUT2D eigenvalue weighted by Crippen LogP contribution is 2.17. The van der Waals surface area contributed by atoms with Crippen LogP contribution in [-0.2, 0) is 16.1 Å². The molecular formula is C17H24N2O2. The molecule has 0 bridgehead atoms. The molecule has 4 nitrogen and oxygen atoms in total. The lowest BCUT2D eigenvalue weighted by atomic mass is 9.95. The lowest BCUT2D eigenvalue weighted by molar-refractivity contribution is -0.146. The van der Waals surface area contributed by atoms with E-state index in [1.807, 2.05) is 37.3 Å². The van der Waals surface area contributed by atoms with E-state index in [2.05, 4.69) is 5.32 Å². The minimum atomic E-state index is -0.459. The number of rotatable bonds is 4. The number of nitrogens with one attached hydrogen (secondary N) is 1. The Hall–Kier alpha value is -1.84. The van der Waals surface area contributed by atoms with Crippen LogP contribution in [0.25, 0.3) is 0 Å². The largest absolute Gasteiger partial charge is 0.345 e. The fourth-order valence-corrected chi connectivity index (χ4v) is 2.77. The second-order valence-corrected chi connectivity index (χ2v) is 5.61. The molecule has 2 amide bonds. The zero-order valence-corrected chi connectivity index (χ0v) is 12.7. The Bertz CT molecular complexity index is 467. The number of hydrogen-bond donors (Lipinski definition) is 1. The fraction of sp³-hybridized carbons (Fsp3) is 0.529. The van der Waals surface area contributed by atoms with E-state index >= 15 is 0 Å². The first-order chi connectivity index (χ1) is 10.2. The Labute approximate surface area is 126 Å². The molecule has 2 rings (SSSR count). The first kappa shape index (κ1) is 15.5. The van der Waals surface area contributed by atoms with E-state index < -0.39 is 11.8 Å². The standard InChI is InChI=1S/C17H24N2O2/c1-2-19(13-14-9-5-3-6-10-14)17(21)16(20)18-15-11-7-4-8-12-15/h3,5-6,9-10,15H,2,4,7-8,11-13H2,1H3,(H,18,20). The number of hydrogen-bond acceptors (Lipinski definition) is 2. The molecule has 0 saturated heterocycles. The number of amides is 2. The molecule has 0 atom stereocenters. The van der Waals surface area contributed by atoms with Crippen LogP contribution in [0.5, 0.6) is 0 Å². The van der Waals surface area contributed by atoms with Crippen LogP contribution < -0.4 is 5.32 Å². The van der Waals surface area contributed by atoms with Crippen molar-refractivity contribution in [1.29, 1.82) is 0 Å². The third kappa shape index (κ3) is 4.59. The molecule has 0 radical (unpaired) electrons. The van der Waals surface area contributed by atoms with Gasteiger partial charge in [0.1, 0.15) is 0 Å². The molecule has 4 heteroatoms. The van der Waals surface area contributed by atoms with E-state index in [0.717, 1.165) is 31.2 Å². The fourth-order valence-electron chi connectivity index (χ4n) is 2.77. The monoisotopic (exact) mass is 288 g/mol. The number of carbonyl (C=O) groups is 2. The average molecular weight is 288 g/mol. The van der Waals surface area contributed by atoms with Gasteiger partial charge in [0.15, 0.2) is 0 Å². The van der Waals surface area contributed by atoms with Crippen LogP contribution >= 0.6 is 0 Å². The summed E-state index contributed by atoms with van der Waals surface area (Å²) in [6, 6.07) is 9.93. The molecule has 1 N–H and O–H groups in total. The lowest BCUT2D eigenvalue weighted by Crippen LogP contribution is -2.46. The minimum absolute atomic E-state index is 0.172. The van der Waals surface area contributed by atoms with Gasteiger partial charge in [0, 0.05) is 19.1 Å². The summed E-state index contributed by atoms with van der Waals surface area (Å²) in [4.78, 5) is 26.0. The molecule has 1 saturated carbocycles. The van der Waals surface area contributed by atoms with Gasteiger partial charge in [0.05, 0.1) is 0 Å². The molecule has 0 aromatic heterocycles. The maximum absolute atomic E-state index is 12.3. The summed E-state index contributed by atoms with van der Waals surface area (Å²) in [6.07, 6.45) is 5.49. The van der Waals surface area contributed by atoms with Crippen LogP contribution in [0.1, 0.15) is 44.6 Å². The maximum Gasteiger partial charge on any atom is 0.312 e. The molecule has 1 aliphatic carbocycles. The first-order valence-electron chi connectivity index (χ1n) is 7.84. The topological polar surface area (TPSA) is 49.4 Å². The van der Waals surface area contributed by atoms with Crippen molar-refractivity contribution < 1.29 is 9.59 Å². The van der Waals surface area contributed by atoms with Crippen LogP contribution in [0.4, 0.5) is 0 Å². The second-order valence-electron chi connectivity index (χ2n) is 5.61. The van der Waals surface area contributed by atoms with Gasteiger partial charge in [-0.2, -0.15) is 0 Å². The van der Waals surface area contributed by atoms with Gasteiger partial charge in [-0.1, -0.05) is 49.6 Å². The van der Waals surface area contributed by atoms with Crippen molar-refractivity contribution in [2.24, 2.45) is 0 Å². The Kier molecular flexibility index (Phi) is 5.78. The summed E-state index contributed by atoms with van der Waals surface area (Å²) in [5.74, 6) is -0.883. The van der Waals surface area contributed by atoms with Crippen molar-refractivity contribution in [1.82, 2.24) is 10.2 Å². The van der Waals surface area contributed by atoms with Crippen molar-refractivity contribution in [2.75, 3.05) is 6.54 Å². The predicted molar refractivity (Wildman–Crippen MR) is 82.5 cm³/mol. The van der Waals surface area contributed by atoms with Crippen molar-refractivity contribution in [3.63, 3.8) is 0 Å². The van der Waals surface area contributed by atoms with Crippen molar-refractivity contribution in [3.8, 4) is 0 Å². The highest BCUT2D eigenvalue weighted by atomic mass is 16.2. The molecule has 114 valence electrons. The maximum atomic E-state index is 12.3. The number of carbonyl (C=O) groups excluding carboxylic acids is 2. The minimum Gasteiger partial charge on any atom is -0.345 e. The molecule has 0 spiro atoms. The van der Waals surface area contributed by atoms with Crippen LogP contribution in [0.2, 0.25) is 0 Å². The third-order valence-electron chi connectivity index (χ3n) is 4.02. The van der Waals surface area contributed by atoms with Crippen LogP contribution in [0.3, 0.4) is 0 Å². The van der Waals surface area contributed by atoms with Gasteiger partial charge in [0.2, 0.25) is 0 Å². The van der Waals surface area contributed by atoms with Crippen molar-refractivity contribution in [2.45, 2.75) is 51.6 Å². The van der Waals surface area contributed by atoms with Gasteiger partial charge in [-0.05, 0) is 25.3 Å². The van der Waals surface area contributed by atoms with Crippen LogP contribution in [0, 0.1) is 0 Å². The molecule has 1 aliphatic rings. The van der Waals surface area contributed by atoms with Gasteiger partial charge >= 0.3 is 11.8 Å². The Morgan fingerprint density at radius 2 is 1.81 bits per heavy atom. The quantitative estimate of drug-likeness (QED) is 0.865. The Balaban J connectivity index is 1.90. The molecule has 1 fully saturated rings. The summed E-state index contributed by atoms with van der Waals surface area (Å²) in [5.41, 5.74) is 1.04. The summed E-state index contributed by atoms with van der Waals surface area (Å²) in [5, 5.41) is 2.89. The zero-order chi connectivity index (χ0) is 15.1. The van der Waals surface area contributed by atoms with E-state index in [1.54, 1.807) is 4.90 Å². The lowest BCUT2D eigenvalue weighted by Gasteiger charge is -2.25. The van der Waals surface area contributed by atoms with E-state index in [1.165, 1.54) is 6.42 Å². The summed E-state index contributed by atoms with van der Waals surface area (Å²) >= 11 is 0. The molecule has 0 aliphatic heterocycles. The number of nitrogens with zero attached hydrogens (tertiary/aromatic N) is 1. The van der Waals surface area contributed by atoms with Gasteiger partial charge in [0.25, 0.3) is 0 Å². The van der Waals surface area contributed by atoms with Gasteiger partial charge in [-0.15, -0.1) is 0 Å². The normalized spacial score (nSPS) is 15.5. The average Bonchev–Trinajstić information content (AvgIpc) is 2.54. The molecule has 0 heterocycles. The smallest absolute Gasteiger partial charge is 0.312 e. The van der Waals surface area contributed by atoms with E-state index in [9.17, 15) is 9.59 Å². The summed E-state index contributed by atoms with van der Waals surface area (Å²) < 4.78 is 0. The zero-order valence-electron chi connectivity index (χ0n) is 12.7. The number of benzene rings is 1. The van der Waals surface area contributed by atoms with Crippen molar-refractivity contribution >= 4 is 11.8 Å². The predicted octanol–water partition coefficient (Wildman–Crippen LogP) is 2.48. The van der Waals surface area contributed by atoms with Crippen molar-refractivity contribution in [3.05, 3.63) is 35.9 Å². The number of likely N-dealkylation sites (N-methyl/N-ethyl adjacent to an activating group) is 1. The first-order valence-corrected chi connectivity index (χ1v) is 7.84. The molecule has 1 aromatic rings. The van der Waals surface area contributed by atoms with E-state index in [0.29, 0.717) is 13.1 Å². The third-order valence-corrected chi connectivity index (χ3v) is 4.02. The van der Waals surface area contributed by atoms with Crippen LogP contribution in [0.15, 0.2) is 30.3 Å². The van der Waals surface area contributed by atoms with Gasteiger partial charge in [-0.3, -0.25) is 9.59 Å². The summed E-state index contributed by atoms with van der Waals surface area (Å²) in [7, 11) is 0.